The molecule has 180 valence electrons. The van der Waals surface area contributed by atoms with Crippen molar-refractivity contribution >= 4 is 11.0 Å². The van der Waals surface area contributed by atoms with Crippen LogP contribution in [0.15, 0.2) is 62.8 Å². The standard InChI is InChI=1S/C29H34O5/c1-18(2)9-8-10-19(3)11-13-22-28(30)27-25(33-7)15-20(4)16-26(27)34-29(22)21-12-14-23(31-5)24(17-21)32-6/h9,11-12,14-17H,8,10,13H2,1-7H3/b19-11-. The average molecular weight is 463 g/mol. The van der Waals surface area contributed by atoms with Crippen LogP contribution in [0.5, 0.6) is 17.2 Å². The second-order valence-electron chi connectivity index (χ2n) is 8.72. The summed E-state index contributed by atoms with van der Waals surface area (Å²) in [6.07, 6.45) is 6.72. The highest BCUT2D eigenvalue weighted by Gasteiger charge is 2.20. The molecule has 0 amide bonds. The fourth-order valence-corrected chi connectivity index (χ4v) is 3.97. The van der Waals surface area contributed by atoms with Crippen LogP contribution in [-0.4, -0.2) is 21.3 Å². The average Bonchev–Trinajstić information content (AvgIpc) is 2.81. The summed E-state index contributed by atoms with van der Waals surface area (Å²) in [7, 11) is 4.76. The largest absolute Gasteiger partial charge is 0.496 e. The van der Waals surface area contributed by atoms with Crippen molar-refractivity contribution in [3.63, 3.8) is 0 Å². The van der Waals surface area contributed by atoms with Crippen molar-refractivity contribution in [3.05, 3.63) is 75.0 Å². The third-order valence-corrected chi connectivity index (χ3v) is 5.81. The van der Waals surface area contributed by atoms with Gasteiger partial charge in [0.15, 0.2) is 11.5 Å². The number of hydrogen-bond acceptors (Lipinski definition) is 5. The number of methoxy groups -OCH3 is 3. The normalized spacial score (nSPS) is 11.4. The Bertz CT molecular complexity index is 1290. The molecule has 0 N–H and O–H groups in total. The molecule has 3 aromatic rings. The summed E-state index contributed by atoms with van der Waals surface area (Å²) in [5, 5.41) is 0.461. The molecule has 0 saturated carbocycles. The Hall–Kier alpha value is -3.47. The van der Waals surface area contributed by atoms with Gasteiger partial charge in [-0.2, -0.15) is 0 Å². The van der Waals surface area contributed by atoms with Crippen LogP contribution in [0.1, 0.15) is 44.7 Å². The number of ether oxygens (including phenoxy) is 3. The fraction of sp³-hybridized carbons (Fsp3) is 0.345. The van der Waals surface area contributed by atoms with Gasteiger partial charge in [-0.05, 0) is 82.9 Å². The Kier molecular flexibility index (Phi) is 8.21. The van der Waals surface area contributed by atoms with E-state index >= 15 is 0 Å². The lowest BCUT2D eigenvalue weighted by atomic mass is 9.99. The van der Waals surface area contributed by atoms with E-state index in [4.69, 9.17) is 18.6 Å². The van der Waals surface area contributed by atoms with Crippen molar-refractivity contribution in [2.24, 2.45) is 0 Å². The van der Waals surface area contributed by atoms with Crippen LogP contribution in [0.4, 0.5) is 0 Å². The van der Waals surface area contributed by atoms with Crippen LogP contribution >= 0.6 is 0 Å². The van der Waals surface area contributed by atoms with Crippen LogP contribution in [0.3, 0.4) is 0 Å². The summed E-state index contributed by atoms with van der Waals surface area (Å²) >= 11 is 0. The molecule has 0 radical (unpaired) electrons. The zero-order valence-electron chi connectivity index (χ0n) is 21.2. The quantitative estimate of drug-likeness (QED) is 0.320. The van der Waals surface area contributed by atoms with Crippen molar-refractivity contribution in [1.82, 2.24) is 0 Å². The molecule has 0 unspecified atom stereocenters. The highest BCUT2D eigenvalue weighted by atomic mass is 16.5. The first-order chi connectivity index (χ1) is 16.3. The van der Waals surface area contributed by atoms with E-state index in [1.807, 2.05) is 37.3 Å². The molecule has 0 saturated heterocycles. The van der Waals surface area contributed by atoms with Gasteiger partial charge in [0.2, 0.25) is 5.43 Å². The molecule has 3 rings (SSSR count). The summed E-state index contributed by atoms with van der Waals surface area (Å²) in [5.74, 6) is 2.24. The first-order valence-electron chi connectivity index (χ1n) is 11.4. The van der Waals surface area contributed by atoms with Crippen molar-refractivity contribution < 1.29 is 18.6 Å². The first kappa shape index (κ1) is 25.2. The molecular formula is C29H34O5. The number of allylic oxidation sites excluding steroid dienone is 4. The minimum Gasteiger partial charge on any atom is -0.496 e. The first-order valence-corrected chi connectivity index (χ1v) is 11.4. The minimum atomic E-state index is -0.0868. The Morgan fingerprint density at radius 3 is 2.26 bits per heavy atom. The van der Waals surface area contributed by atoms with E-state index in [1.54, 1.807) is 21.3 Å². The van der Waals surface area contributed by atoms with E-state index in [2.05, 4.69) is 32.9 Å². The number of fused-ring (bicyclic) bond motifs is 1. The smallest absolute Gasteiger partial charge is 0.200 e. The summed E-state index contributed by atoms with van der Waals surface area (Å²) in [4.78, 5) is 13.8. The second-order valence-corrected chi connectivity index (χ2v) is 8.72. The summed E-state index contributed by atoms with van der Waals surface area (Å²) in [6.45, 7) is 8.25. The topological polar surface area (TPSA) is 57.9 Å². The number of rotatable bonds is 9. The van der Waals surface area contributed by atoms with Gasteiger partial charge in [-0.25, -0.2) is 0 Å². The van der Waals surface area contributed by atoms with Crippen LogP contribution in [0, 0.1) is 6.92 Å². The maximum Gasteiger partial charge on any atom is 0.200 e. The third kappa shape index (κ3) is 5.53. The molecule has 0 atom stereocenters. The minimum absolute atomic E-state index is 0.0868. The molecule has 1 aromatic heterocycles. The van der Waals surface area contributed by atoms with Crippen LogP contribution < -0.4 is 19.6 Å². The van der Waals surface area contributed by atoms with Gasteiger partial charge in [0.05, 0.1) is 21.3 Å². The maximum atomic E-state index is 13.8. The molecule has 0 fully saturated rings. The third-order valence-electron chi connectivity index (χ3n) is 5.81. The summed E-state index contributed by atoms with van der Waals surface area (Å²) in [5.41, 5.74) is 5.24. The zero-order chi connectivity index (χ0) is 24.8. The van der Waals surface area contributed by atoms with Gasteiger partial charge < -0.3 is 18.6 Å². The molecule has 34 heavy (non-hydrogen) atoms. The Morgan fingerprint density at radius 1 is 0.912 bits per heavy atom. The molecule has 0 bridgehead atoms. The lowest BCUT2D eigenvalue weighted by molar-refractivity contribution is 0.355. The Labute approximate surface area is 201 Å². The van der Waals surface area contributed by atoms with E-state index < -0.39 is 0 Å². The van der Waals surface area contributed by atoms with E-state index in [9.17, 15) is 4.79 Å². The molecule has 0 aliphatic rings. The van der Waals surface area contributed by atoms with E-state index in [0.29, 0.717) is 46.0 Å². The van der Waals surface area contributed by atoms with Gasteiger partial charge in [0, 0.05) is 11.1 Å². The summed E-state index contributed by atoms with van der Waals surface area (Å²) in [6, 6.07) is 9.27. The maximum absolute atomic E-state index is 13.8. The van der Waals surface area contributed by atoms with Crippen molar-refractivity contribution in [2.75, 3.05) is 21.3 Å². The van der Waals surface area contributed by atoms with Crippen LogP contribution in [-0.2, 0) is 6.42 Å². The number of aryl methyl sites for hydroxylation is 1. The SMILES string of the molecule is COc1ccc(-c2oc3cc(C)cc(OC)c3c(=O)c2C/C=C(/C)CCC=C(C)C)cc1OC. The highest BCUT2D eigenvalue weighted by molar-refractivity contribution is 5.87. The Morgan fingerprint density at radius 2 is 1.62 bits per heavy atom. The predicted molar refractivity (Wildman–Crippen MR) is 138 cm³/mol. The monoisotopic (exact) mass is 462 g/mol. The lowest BCUT2D eigenvalue weighted by Crippen LogP contribution is -2.12. The predicted octanol–water partition coefficient (Wildman–Crippen LogP) is 7.03. The molecule has 0 aliphatic carbocycles. The van der Waals surface area contributed by atoms with Gasteiger partial charge in [-0.3, -0.25) is 4.79 Å². The molecule has 0 spiro atoms. The molecule has 0 aliphatic heterocycles. The van der Waals surface area contributed by atoms with Gasteiger partial charge >= 0.3 is 0 Å². The van der Waals surface area contributed by atoms with Gasteiger partial charge in [0.1, 0.15) is 22.5 Å². The van der Waals surface area contributed by atoms with Crippen LogP contribution in [0.25, 0.3) is 22.3 Å². The van der Waals surface area contributed by atoms with Gasteiger partial charge in [-0.15, -0.1) is 0 Å². The zero-order valence-corrected chi connectivity index (χ0v) is 21.2. The lowest BCUT2D eigenvalue weighted by Gasteiger charge is -2.14. The van der Waals surface area contributed by atoms with Gasteiger partial charge in [0.25, 0.3) is 0 Å². The van der Waals surface area contributed by atoms with E-state index in [0.717, 1.165) is 24.0 Å². The van der Waals surface area contributed by atoms with Crippen LogP contribution in [0.2, 0.25) is 0 Å². The summed E-state index contributed by atoms with van der Waals surface area (Å²) < 4.78 is 22.8. The molecule has 5 heteroatoms. The highest BCUT2D eigenvalue weighted by Crippen LogP contribution is 2.36. The van der Waals surface area contributed by atoms with Crippen molar-refractivity contribution in [2.45, 2.75) is 47.0 Å². The number of hydrogen-bond donors (Lipinski definition) is 0. The van der Waals surface area contributed by atoms with E-state index in [-0.39, 0.29) is 5.43 Å². The van der Waals surface area contributed by atoms with Crippen molar-refractivity contribution in [1.29, 1.82) is 0 Å². The second kappa shape index (κ2) is 11.1. The Balaban J connectivity index is 2.20. The molecule has 2 aromatic carbocycles. The fourth-order valence-electron chi connectivity index (χ4n) is 3.97. The van der Waals surface area contributed by atoms with E-state index in [1.165, 1.54) is 11.1 Å². The van der Waals surface area contributed by atoms with Crippen molar-refractivity contribution in [3.8, 4) is 28.6 Å². The van der Waals surface area contributed by atoms with Gasteiger partial charge in [-0.1, -0.05) is 23.3 Å². The molecule has 5 nitrogen and oxygen atoms in total. The molecule has 1 heterocycles. The number of benzene rings is 2. The molecular weight excluding hydrogens is 428 g/mol.